The Balaban J connectivity index is 2.79. The van der Waals surface area contributed by atoms with Gasteiger partial charge in [-0.2, -0.15) is 0 Å². The molecule has 3 heteroatoms. The SMILES string of the molecule is CC/C=C\CC[C@@](O)(C#C[Si](C)(C)C)[C@H]1CCCCN1. The molecule has 0 aromatic carbocycles. The number of hydrogen-bond donors (Lipinski definition) is 2. The molecular weight excluding hydrogens is 262 g/mol. The topological polar surface area (TPSA) is 32.3 Å². The molecule has 1 fully saturated rings. The molecule has 2 atom stereocenters. The van der Waals surface area contributed by atoms with E-state index >= 15 is 0 Å². The lowest BCUT2D eigenvalue weighted by atomic mass is 9.85. The fraction of sp³-hybridized carbons (Fsp3) is 0.765. The summed E-state index contributed by atoms with van der Waals surface area (Å²) < 4.78 is 0. The maximum Gasteiger partial charge on any atom is 0.140 e. The predicted octanol–water partition coefficient (Wildman–Crippen LogP) is 3.49. The Kier molecular flexibility index (Phi) is 7.01. The minimum absolute atomic E-state index is 0.134. The summed E-state index contributed by atoms with van der Waals surface area (Å²) >= 11 is 0. The van der Waals surface area contributed by atoms with Gasteiger partial charge in [-0.3, -0.25) is 0 Å². The Hall–Kier alpha value is -0.563. The Morgan fingerprint density at radius 2 is 2.05 bits per heavy atom. The third-order valence-corrected chi connectivity index (χ3v) is 4.51. The zero-order chi connectivity index (χ0) is 15.1. The minimum atomic E-state index is -1.45. The molecule has 0 saturated carbocycles. The first-order valence-electron chi connectivity index (χ1n) is 8.02. The quantitative estimate of drug-likeness (QED) is 0.462. The van der Waals surface area contributed by atoms with Crippen LogP contribution in [0.1, 0.15) is 45.4 Å². The van der Waals surface area contributed by atoms with E-state index in [0.717, 1.165) is 32.2 Å². The van der Waals surface area contributed by atoms with E-state index in [1.807, 2.05) is 0 Å². The summed E-state index contributed by atoms with van der Waals surface area (Å²) in [5, 5.41) is 14.5. The first-order chi connectivity index (χ1) is 9.37. The van der Waals surface area contributed by atoms with Gasteiger partial charge in [-0.15, -0.1) is 5.54 Å². The maximum atomic E-state index is 11.1. The highest BCUT2D eigenvalue weighted by molar-refractivity contribution is 6.83. The lowest BCUT2D eigenvalue weighted by molar-refractivity contribution is 0.0399. The van der Waals surface area contributed by atoms with Crippen LogP contribution in [0, 0.1) is 11.5 Å². The van der Waals surface area contributed by atoms with Crippen molar-refractivity contribution in [3.8, 4) is 11.5 Å². The van der Waals surface area contributed by atoms with Gasteiger partial charge in [-0.05, 0) is 38.6 Å². The lowest BCUT2D eigenvalue weighted by Crippen LogP contribution is -2.52. The standard InChI is InChI=1S/C17H31NOSi/c1-5-6-7-9-12-17(19,13-15-20(2,3)4)16-11-8-10-14-18-16/h6-7,16,18-19H,5,8-12,14H2,1-4H3/b7-6-/t16-,17-/m1/s1. The average Bonchev–Trinajstić information content (AvgIpc) is 2.42. The van der Waals surface area contributed by atoms with Crippen LogP contribution < -0.4 is 5.32 Å². The van der Waals surface area contributed by atoms with Crippen LogP contribution in [0.5, 0.6) is 0 Å². The molecule has 0 spiro atoms. The van der Waals surface area contributed by atoms with Gasteiger partial charge in [0.25, 0.3) is 0 Å². The molecule has 1 rings (SSSR count). The predicted molar refractivity (Wildman–Crippen MR) is 90.4 cm³/mol. The second-order valence-corrected chi connectivity index (χ2v) is 11.6. The molecule has 1 saturated heterocycles. The zero-order valence-corrected chi connectivity index (χ0v) is 14.6. The third-order valence-electron chi connectivity index (χ3n) is 3.64. The van der Waals surface area contributed by atoms with Crippen LogP contribution in [0.4, 0.5) is 0 Å². The molecule has 2 nitrogen and oxygen atoms in total. The van der Waals surface area contributed by atoms with Gasteiger partial charge in [0.15, 0.2) is 0 Å². The van der Waals surface area contributed by atoms with Gasteiger partial charge < -0.3 is 10.4 Å². The van der Waals surface area contributed by atoms with E-state index in [2.05, 4.69) is 55.5 Å². The largest absolute Gasteiger partial charge is 0.376 e. The summed E-state index contributed by atoms with van der Waals surface area (Å²) in [4.78, 5) is 0. The van der Waals surface area contributed by atoms with Crippen LogP contribution in [0.3, 0.4) is 0 Å². The van der Waals surface area contributed by atoms with Crippen LogP contribution in [-0.4, -0.2) is 31.4 Å². The smallest absolute Gasteiger partial charge is 0.140 e. The normalized spacial score (nSPS) is 23.1. The van der Waals surface area contributed by atoms with Crippen LogP contribution in [0.2, 0.25) is 19.6 Å². The molecular formula is C17H31NOSi. The van der Waals surface area contributed by atoms with Crippen molar-refractivity contribution in [3.63, 3.8) is 0 Å². The molecule has 0 aromatic heterocycles. The Labute approximate surface area is 126 Å². The number of hydrogen-bond acceptors (Lipinski definition) is 2. The highest BCUT2D eigenvalue weighted by Crippen LogP contribution is 2.24. The molecule has 0 radical (unpaired) electrons. The summed E-state index contributed by atoms with van der Waals surface area (Å²) in [6.45, 7) is 9.83. The minimum Gasteiger partial charge on any atom is -0.376 e. The lowest BCUT2D eigenvalue weighted by Gasteiger charge is -2.35. The van der Waals surface area contributed by atoms with Crippen LogP contribution in [0.15, 0.2) is 12.2 Å². The van der Waals surface area contributed by atoms with Crippen molar-refractivity contribution in [2.75, 3.05) is 6.54 Å². The summed E-state index contributed by atoms with van der Waals surface area (Å²) in [7, 11) is -1.45. The second kappa shape index (κ2) is 8.02. The van der Waals surface area contributed by atoms with Gasteiger partial charge in [-0.1, -0.05) is 51.1 Å². The Bertz CT molecular complexity index is 369. The van der Waals surface area contributed by atoms with Crippen LogP contribution in [-0.2, 0) is 0 Å². The van der Waals surface area contributed by atoms with E-state index < -0.39 is 13.7 Å². The van der Waals surface area contributed by atoms with E-state index in [9.17, 15) is 5.11 Å². The first-order valence-corrected chi connectivity index (χ1v) is 11.5. The third kappa shape index (κ3) is 6.26. The van der Waals surface area contributed by atoms with Crippen molar-refractivity contribution in [2.45, 2.75) is 76.7 Å². The van der Waals surface area contributed by atoms with E-state index in [4.69, 9.17) is 0 Å². The van der Waals surface area contributed by atoms with E-state index in [1.54, 1.807) is 0 Å². The number of piperidine rings is 1. The zero-order valence-electron chi connectivity index (χ0n) is 13.6. The number of rotatable bonds is 5. The second-order valence-electron chi connectivity index (χ2n) is 6.85. The van der Waals surface area contributed by atoms with Crippen LogP contribution >= 0.6 is 0 Å². The van der Waals surface area contributed by atoms with Crippen molar-refractivity contribution >= 4 is 8.07 Å². The molecule has 0 bridgehead atoms. The molecule has 0 amide bonds. The fourth-order valence-corrected chi connectivity index (χ4v) is 3.06. The van der Waals surface area contributed by atoms with Gasteiger partial charge in [0, 0.05) is 6.04 Å². The molecule has 20 heavy (non-hydrogen) atoms. The van der Waals surface area contributed by atoms with Crippen molar-refractivity contribution in [3.05, 3.63) is 12.2 Å². The molecule has 1 aliphatic rings. The molecule has 1 aliphatic heterocycles. The summed E-state index contributed by atoms with van der Waals surface area (Å²) in [5.41, 5.74) is 2.51. The average molecular weight is 294 g/mol. The van der Waals surface area contributed by atoms with Crippen LogP contribution in [0.25, 0.3) is 0 Å². The van der Waals surface area contributed by atoms with Gasteiger partial charge in [0.2, 0.25) is 0 Å². The summed E-state index contributed by atoms with van der Waals surface area (Å²) in [5.74, 6) is 3.25. The van der Waals surface area contributed by atoms with Gasteiger partial charge in [0.05, 0.1) is 0 Å². The molecule has 0 aromatic rings. The van der Waals surface area contributed by atoms with E-state index in [0.29, 0.717) is 0 Å². The van der Waals surface area contributed by atoms with Crippen molar-refractivity contribution in [1.82, 2.24) is 5.32 Å². The monoisotopic (exact) mass is 293 g/mol. The Morgan fingerprint density at radius 1 is 1.30 bits per heavy atom. The highest BCUT2D eigenvalue weighted by Gasteiger charge is 2.35. The fourth-order valence-electron chi connectivity index (χ4n) is 2.47. The van der Waals surface area contributed by atoms with Gasteiger partial charge in [-0.25, -0.2) is 0 Å². The maximum absolute atomic E-state index is 11.1. The molecule has 0 unspecified atom stereocenters. The van der Waals surface area contributed by atoms with Crippen molar-refractivity contribution in [1.29, 1.82) is 0 Å². The summed E-state index contributed by atoms with van der Waals surface area (Å²) in [6.07, 6.45) is 10.5. The van der Waals surface area contributed by atoms with Crippen molar-refractivity contribution in [2.24, 2.45) is 0 Å². The van der Waals surface area contributed by atoms with E-state index in [-0.39, 0.29) is 6.04 Å². The molecule has 1 heterocycles. The molecule has 114 valence electrons. The first kappa shape index (κ1) is 17.5. The Morgan fingerprint density at radius 3 is 2.60 bits per heavy atom. The summed E-state index contributed by atoms with van der Waals surface area (Å²) in [6, 6.07) is 0.134. The molecule has 0 aliphatic carbocycles. The van der Waals surface area contributed by atoms with Gasteiger partial charge in [0.1, 0.15) is 13.7 Å². The number of nitrogens with one attached hydrogen (secondary N) is 1. The number of allylic oxidation sites excluding steroid dienone is 2. The molecule has 2 N–H and O–H groups in total. The van der Waals surface area contributed by atoms with Crippen molar-refractivity contribution < 1.29 is 5.11 Å². The van der Waals surface area contributed by atoms with E-state index in [1.165, 1.54) is 12.8 Å². The number of aliphatic hydroxyl groups is 1. The van der Waals surface area contributed by atoms with Gasteiger partial charge >= 0.3 is 0 Å². The highest BCUT2D eigenvalue weighted by atomic mass is 28.3.